The van der Waals surface area contributed by atoms with E-state index in [-0.39, 0.29) is 23.5 Å². The number of amides is 1. The maximum Gasteiger partial charge on any atom is 0.407 e. The topological polar surface area (TPSA) is 157 Å². The van der Waals surface area contributed by atoms with Crippen LogP contribution in [0, 0.1) is 10.8 Å². The Hall–Kier alpha value is -4.42. The van der Waals surface area contributed by atoms with Crippen molar-refractivity contribution >= 4 is 23.7 Å². The molecule has 1 unspecified atom stereocenters. The van der Waals surface area contributed by atoms with E-state index in [1.165, 1.54) is 6.33 Å². The van der Waals surface area contributed by atoms with Gasteiger partial charge in [-0.25, -0.2) is 4.79 Å². The average Bonchev–Trinajstić information content (AvgIpc) is 3.84. The number of rotatable bonds is 10. The molecule has 3 atom stereocenters. The highest BCUT2D eigenvalue weighted by atomic mass is 35.5. The van der Waals surface area contributed by atoms with E-state index in [1.807, 2.05) is 54.2 Å². The quantitative estimate of drug-likeness (QED) is 0.135. The molecule has 2 aliphatic carbocycles. The van der Waals surface area contributed by atoms with Crippen LogP contribution in [0.1, 0.15) is 83.0 Å². The summed E-state index contributed by atoms with van der Waals surface area (Å²) in [5.74, 6) is 0.488. The highest BCUT2D eigenvalue weighted by Crippen LogP contribution is 2.45. The second kappa shape index (κ2) is 11.9. The first-order valence-corrected chi connectivity index (χ1v) is 16.8. The fourth-order valence-electron chi connectivity index (χ4n) is 6.66. The zero-order valence-corrected chi connectivity index (χ0v) is 28.4. The molecule has 3 heterocycles. The van der Waals surface area contributed by atoms with Crippen molar-refractivity contribution in [3.05, 3.63) is 77.3 Å². The van der Waals surface area contributed by atoms with Gasteiger partial charge < -0.3 is 30.4 Å². The first-order valence-electron chi connectivity index (χ1n) is 16.4. The number of aromatic amines is 1. The van der Waals surface area contributed by atoms with Gasteiger partial charge in [-0.2, -0.15) is 5.10 Å². The summed E-state index contributed by atoms with van der Waals surface area (Å²) < 4.78 is 7.83. The minimum Gasteiger partial charge on any atom is -0.447 e. The van der Waals surface area contributed by atoms with Gasteiger partial charge in [0, 0.05) is 22.9 Å². The zero-order chi connectivity index (χ0) is 33.8. The fourth-order valence-corrected chi connectivity index (χ4v) is 6.87. The number of hydrogen-bond donors (Lipinski definition) is 5. The molecular weight excluding hydrogens is 630 g/mol. The molecule has 1 saturated heterocycles. The van der Waals surface area contributed by atoms with Crippen molar-refractivity contribution in [2.45, 2.75) is 89.2 Å². The van der Waals surface area contributed by atoms with Crippen molar-refractivity contribution in [2.24, 2.45) is 5.41 Å². The number of aliphatic hydroxyl groups is 1. The number of benzene rings is 2. The minimum atomic E-state index is -1.20. The molecule has 48 heavy (non-hydrogen) atoms. The van der Waals surface area contributed by atoms with Crippen LogP contribution in [0.2, 0.25) is 5.02 Å². The summed E-state index contributed by atoms with van der Waals surface area (Å²) >= 11 is 6.59. The van der Waals surface area contributed by atoms with Crippen LogP contribution in [0.5, 0.6) is 0 Å². The van der Waals surface area contributed by atoms with Gasteiger partial charge in [-0.1, -0.05) is 62.7 Å². The summed E-state index contributed by atoms with van der Waals surface area (Å²) in [7, 11) is 0. The molecule has 5 N–H and O–H groups in total. The number of alkyl carbamates (subject to hydrolysis) is 1. The third-order valence-electron chi connectivity index (χ3n) is 9.53. The molecule has 13 heteroatoms. The Morgan fingerprint density at radius 3 is 2.58 bits per heavy atom. The standard InChI is InChI=1S/C35H42ClN9O3/c1-33(2,3)19-35(24-8-5-21(6-9-24)23-16-40-44(17-23)25-10-11-25)30(46)45(31(37)41-35)28(18-48-32(47)42-34(4)13-14-34)22-7-12-27(36)26(15-22)29-38-20-39-43-29/h5-9,12,15-17,20,25,28,30,46H,10-11,13-14,18-19H2,1-4H3,(H2,37,41)(H,42,47)(H,38,39,43)/t28-,30?,35-/m1/s1. The second-order valence-electron chi connectivity index (χ2n) is 14.9. The lowest BCUT2D eigenvalue weighted by molar-refractivity contribution is -0.0399. The fraction of sp³-hybridized carbons (Fsp3) is 0.457. The summed E-state index contributed by atoms with van der Waals surface area (Å²) in [5, 5.41) is 41.1. The van der Waals surface area contributed by atoms with Crippen LogP contribution >= 0.6 is 11.6 Å². The number of ether oxygens (including phenoxy) is 1. The number of hydrogen-bond acceptors (Lipinski definition) is 7. The number of H-pyrrole nitrogens is 1. The predicted molar refractivity (Wildman–Crippen MR) is 182 cm³/mol. The Morgan fingerprint density at radius 2 is 1.94 bits per heavy atom. The van der Waals surface area contributed by atoms with Crippen LogP contribution in [0.4, 0.5) is 4.79 Å². The monoisotopic (exact) mass is 671 g/mol. The van der Waals surface area contributed by atoms with E-state index in [0.29, 0.717) is 34.4 Å². The van der Waals surface area contributed by atoms with E-state index in [9.17, 15) is 15.3 Å². The number of carbonyl (C=O) groups excluding carboxylic acids is 1. The maximum atomic E-state index is 12.9. The third kappa shape index (κ3) is 6.38. The van der Waals surface area contributed by atoms with Crippen molar-refractivity contribution in [3.63, 3.8) is 0 Å². The summed E-state index contributed by atoms with van der Waals surface area (Å²) in [6, 6.07) is 13.3. The molecule has 2 aromatic carbocycles. The molecule has 7 rings (SSSR count). The van der Waals surface area contributed by atoms with E-state index in [0.717, 1.165) is 42.4 Å². The van der Waals surface area contributed by atoms with Crippen LogP contribution in [0.25, 0.3) is 22.5 Å². The van der Waals surface area contributed by atoms with Crippen LogP contribution in [0.15, 0.2) is 61.2 Å². The van der Waals surface area contributed by atoms with Crippen LogP contribution in [-0.4, -0.2) is 65.4 Å². The van der Waals surface area contributed by atoms with Gasteiger partial charge in [-0.15, -0.1) is 10.2 Å². The summed E-state index contributed by atoms with van der Waals surface area (Å²) in [5.41, 5.74) is 2.63. The van der Waals surface area contributed by atoms with Crippen LogP contribution in [0.3, 0.4) is 0 Å². The normalized spacial score (nSPS) is 22.3. The van der Waals surface area contributed by atoms with Crippen LogP contribution < -0.4 is 10.6 Å². The Bertz CT molecular complexity index is 1810. The van der Waals surface area contributed by atoms with Crippen molar-refractivity contribution in [1.29, 1.82) is 5.41 Å². The van der Waals surface area contributed by atoms with Crippen LogP contribution in [-0.2, 0) is 10.3 Å². The van der Waals surface area contributed by atoms with Gasteiger partial charge in [-0.05, 0) is 73.3 Å². The highest BCUT2D eigenvalue weighted by molar-refractivity contribution is 6.33. The largest absolute Gasteiger partial charge is 0.447 e. The zero-order valence-electron chi connectivity index (χ0n) is 27.6. The SMILES string of the molecule is CC(C)(C)C[C@]1(c2ccc(-c3cnn(C4CC4)c3)cc2)NC(=N)N([C@H](COC(=O)NC2(C)CC2)c2ccc(Cl)c(-c3nnc[nH]3)c2)C1O. The maximum absolute atomic E-state index is 12.9. The molecule has 12 nitrogen and oxygen atoms in total. The Balaban J connectivity index is 1.24. The van der Waals surface area contributed by atoms with Gasteiger partial charge >= 0.3 is 6.09 Å². The first kappa shape index (κ1) is 32.1. The molecule has 1 amide bonds. The molecule has 0 bridgehead atoms. The number of aliphatic hydroxyl groups excluding tert-OH is 1. The van der Waals surface area contributed by atoms with Crippen molar-refractivity contribution < 1.29 is 14.6 Å². The highest BCUT2D eigenvalue weighted by Gasteiger charge is 2.54. The van der Waals surface area contributed by atoms with Gasteiger partial charge in [-0.3, -0.25) is 10.1 Å². The smallest absolute Gasteiger partial charge is 0.407 e. The summed E-state index contributed by atoms with van der Waals surface area (Å²) in [6.45, 7) is 8.19. The number of nitrogens with one attached hydrogen (secondary N) is 4. The minimum absolute atomic E-state index is 0.0147. The molecule has 2 saturated carbocycles. The molecule has 2 aromatic heterocycles. The Labute approximate surface area is 284 Å². The third-order valence-corrected chi connectivity index (χ3v) is 9.86. The number of halogens is 1. The van der Waals surface area contributed by atoms with E-state index in [2.05, 4.69) is 57.9 Å². The molecule has 252 valence electrons. The number of nitrogens with zero attached hydrogens (tertiary/aromatic N) is 5. The molecule has 0 spiro atoms. The molecule has 3 aliphatic rings. The number of carbonyl (C=O) groups is 1. The first-order chi connectivity index (χ1) is 22.8. The second-order valence-corrected chi connectivity index (χ2v) is 15.3. The number of guanidine groups is 1. The van der Waals surface area contributed by atoms with Gasteiger partial charge in [0.15, 0.2) is 18.0 Å². The van der Waals surface area contributed by atoms with Gasteiger partial charge in [0.05, 0.1) is 23.3 Å². The van der Waals surface area contributed by atoms with Crippen molar-refractivity contribution in [3.8, 4) is 22.5 Å². The molecule has 4 aromatic rings. The molecule has 1 aliphatic heterocycles. The average molecular weight is 672 g/mol. The van der Waals surface area contributed by atoms with Gasteiger partial charge in [0.25, 0.3) is 0 Å². The van der Waals surface area contributed by atoms with E-state index >= 15 is 0 Å². The lowest BCUT2D eigenvalue weighted by Gasteiger charge is -2.40. The van der Waals surface area contributed by atoms with Crippen molar-refractivity contribution in [2.75, 3.05) is 6.61 Å². The number of aromatic nitrogens is 5. The van der Waals surface area contributed by atoms with Crippen molar-refractivity contribution in [1.82, 2.24) is 40.5 Å². The molecule has 3 fully saturated rings. The lowest BCUT2D eigenvalue weighted by atomic mass is 9.74. The summed E-state index contributed by atoms with van der Waals surface area (Å²) in [4.78, 5) is 17.5. The molecular formula is C35H42ClN9O3. The van der Waals surface area contributed by atoms with E-state index in [1.54, 1.807) is 11.0 Å². The predicted octanol–water partition coefficient (Wildman–Crippen LogP) is 6.13. The Kier molecular flexibility index (Phi) is 7.98. The lowest BCUT2D eigenvalue weighted by Crippen LogP contribution is -2.50. The van der Waals surface area contributed by atoms with E-state index in [4.69, 9.17) is 16.3 Å². The van der Waals surface area contributed by atoms with Gasteiger partial charge in [0.1, 0.15) is 18.5 Å². The summed E-state index contributed by atoms with van der Waals surface area (Å²) in [6.07, 6.45) is 8.31. The van der Waals surface area contributed by atoms with Gasteiger partial charge in [0.2, 0.25) is 0 Å². The molecule has 0 radical (unpaired) electrons. The Morgan fingerprint density at radius 1 is 1.19 bits per heavy atom. The van der Waals surface area contributed by atoms with E-state index < -0.39 is 23.9 Å².